The van der Waals surface area contributed by atoms with Crippen LogP contribution in [0.2, 0.25) is 0 Å². The Morgan fingerprint density at radius 2 is 1.97 bits per heavy atom. The van der Waals surface area contributed by atoms with Crippen LogP contribution in [0.5, 0.6) is 11.5 Å². The molecule has 0 fully saturated rings. The molecule has 5 rings (SSSR count). The van der Waals surface area contributed by atoms with E-state index in [0.717, 1.165) is 16.9 Å². The van der Waals surface area contributed by atoms with Gasteiger partial charge >= 0.3 is 0 Å². The number of aryl methyl sites for hydroxylation is 1. The minimum absolute atomic E-state index is 0.141. The highest BCUT2D eigenvalue weighted by Crippen LogP contribution is 2.31. The fourth-order valence-electron chi connectivity index (χ4n) is 3.71. The Morgan fingerprint density at radius 1 is 1.12 bits per heavy atom. The van der Waals surface area contributed by atoms with Crippen LogP contribution in [-0.2, 0) is 18.3 Å². The lowest BCUT2D eigenvalue weighted by atomic mass is 10.2. The number of aromatic nitrogens is 2. The third-order valence-electron chi connectivity index (χ3n) is 5.42. The third-order valence-corrected chi connectivity index (χ3v) is 5.42. The number of imidazole rings is 1. The van der Waals surface area contributed by atoms with E-state index in [0.29, 0.717) is 30.2 Å². The summed E-state index contributed by atoms with van der Waals surface area (Å²) in [6.45, 7) is 0.559. The van der Waals surface area contributed by atoms with Crippen LogP contribution in [-0.4, -0.2) is 40.6 Å². The summed E-state index contributed by atoms with van der Waals surface area (Å²) in [5, 5.41) is 5.69. The van der Waals surface area contributed by atoms with Crippen molar-refractivity contribution in [3.63, 3.8) is 0 Å². The molecule has 3 heterocycles. The molecular weight excluding hydrogens is 424 g/mol. The molecule has 0 aliphatic carbocycles. The number of para-hydroxylation sites is 2. The van der Waals surface area contributed by atoms with Crippen molar-refractivity contribution in [2.75, 3.05) is 18.5 Å². The number of hydrogen-bond acceptors (Lipinski definition) is 6. The van der Waals surface area contributed by atoms with Crippen molar-refractivity contribution in [3.05, 3.63) is 72.4 Å². The molecule has 9 heteroatoms. The van der Waals surface area contributed by atoms with E-state index in [4.69, 9.17) is 13.9 Å². The summed E-state index contributed by atoms with van der Waals surface area (Å²) in [7, 11) is 1.92. The van der Waals surface area contributed by atoms with Crippen molar-refractivity contribution >= 4 is 28.5 Å². The van der Waals surface area contributed by atoms with Gasteiger partial charge in [0.25, 0.3) is 11.8 Å². The number of nitrogens with zero attached hydrogens (tertiary/aromatic N) is 2. The Kier molecular flexibility index (Phi) is 5.43. The predicted octanol–water partition coefficient (Wildman–Crippen LogP) is 2.92. The van der Waals surface area contributed by atoms with Gasteiger partial charge in [0.15, 0.2) is 17.3 Å². The smallest absolute Gasteiger partial charge is 0.286 e. The van der Waals surface area contributed by atoms with E-state index in [9.17, 15) is 9.59 Å². The molecule has 1 aliphatic rings. The Hall–Kier alpha value is -4.27. The second-order valence-corrected chi connectivity index (χ2v) is 7.63. The average molecular weight is 446 g/mol. The number of anilines is 1. The number of benzene rings is 2. The lowest BCUT2D eigenvalue weighted by molar-refractivity contribution is -0.125. The van der Waals surface area contributed by atoms with Gasteiger partial charge in [-0.25, -0.2) is 4.98 Å². The molecule has 4 aromatic rings. The van der Waals surface area contributed by atoms with Crippen LogP contribution in [0.1, 0.15) is 16.4 Å². The number of furan rings is 1. The molecule has 33 heavy (non-hydrogen) atoms. The van der Waals surface area contributed by atoms with Gasteiger partial charge in [-0.15, -0.1) is 0 Å². The van der Waals surface area contributed by atoms with Crippen LogP contribution in [0.3, 0.4) is 0 Å². The van der Waals surface area contributed by atoms with Crippen molar-refractivity contribution in [2.45, 2.75) is 12.5 Å². The summed E-state index contributed by atoms with van der Waals surface area (Å²) in [6.07, 6.45) is 1.27. The average Bonchev–Trinajstić information content (AvgIpc) is 3.47. The SMILES string of the molecule is Cn1c(CCNC(=O)c2ccco2)nc2cc(NC(=O)[C@H]3COc4ccccc4O3)ccc21. The molecule has 1 aliphatic heterocycles. The van der Waals surface area contributed by atoms with Crippen molar-refractivity contribution in [3.8, 4) is 11.5 Å². The van der Waals surface area contributed by atoms with Crippen LogP contribution < -0.4 is 20.1 Å². The minimum Gasteiger partial charge on any atom is -0.485 e. The van der Waals surface area contributed by atoms with E-state index >= 15 is 0 Å². The highest BCUT2D eigenvalue weighted by molar-refractivity contribution is 5.96. The molecule has 2 aromatic heterocycles. The summed E-state index contributed by atoms with van der Waals surface area (Å²) in [5.74, 6) is 1.71. The van der Waals surface area contributed by atoms with Crippen LogP contribution in [0.4, 0.5) is 5.69 Å². The largest absolute Gasteiger partial charge is 0.485 e. The van der Waals surface area contributed by atoms with E-state index in [-0.39, 0.29) is 24.2 Å². The first-order valence-corrected chi connectivity index (χ1v) is 10.5. The molecule has 0 saturated heterocycles. The maximum Gasteiger partial charge on any atom is 0.286 e. The Bertz CT molecular complexity index is 1310. The van der Waals surface area contributed by atoms with Gasteiger partial charge in [0, 0.05) is 25.7 Å². The molecule has 0 unspecified atom stereocenters. The second kappa shape index (κ2) is 8.70. The topological polar surface area (TPSA) is 108 Å². The van der Waals surface area contributed by atoms with E-state index in [1.165, 1.54) is 6.26 Å². The molecular formula is C24H22N4O5. The highest BCUT2D eigenvalue weighted by Gasteiger charge is 2.27. The molecule has 1 atom stereocenters. The summed E-state index contributed by atoms with van der Waals surface area (Å²) in [5.41, 5.74) is 2.28. The van der Waals surface area contributed by atoms with Crippen LogP contribution in [0.25, 0.3) is 11.0 Å². The third kappa shape index (κ3) is 4.25. The van der Waals surface area contributed by atoms with Crippen LogP contribution >= 0.6 is 0 Å². The normalized spacial score (nSPS) is 14.8. The summed E-state index contributed by atoms with van der Waals surface area (Å²) in [6, 6.07) is 16.1. The second-order valence-electron chi connectivity index (χ2n) is 7.63. The van der Waals surface area contributed by atoms with Gasteiger partial charge in [-0.3, -0.25) is 9.59 Å². The van der Waals surface area contributed by atoms with Gasteiger partial charge in [-0.05, 0) is 42.5 Å². The van der Waals surface area contributed by atoms with Crippen molar-refractivity contribution in [1.29, 1.82) is 0 Å². The van der Waals surface area contributed by atoms with Crippen molar-refractivity contribution in [2.24, 2.45) is 7.05 Å². The van der Waals surface area contributed by atoms with E-state index in [1.54, 1.807) is 24.3 Å². The first kappa shape index (κ1) is 20.6. The minimum atomic E-state index is -0.743. The van der Waals surface area contributed by atoms with E-state index in [2.05, 4.69) is 15.6 Å². The Balaban J connectivity index is 1.23. The van der Waals surface area contributed by atoms with Gasteiger partial charge in [0.1, 0.15) is 12.4 Å². The van der Waals surface area contributed by atoms with Crippen LogP contribution in [0, 0.1) is 0 Å². The number of nitrogens with one attached hydrogen (secondary N) is 2. The molecule has 0 radical (unpaired) electrons. The Labute approximate surface area is 189 Å². The molecule has 168 valence electrons. The van der Waals surface area contributed by atoms with Gasteiger partial charge in [-0.2, -0.15) is 0 Å². The summed E-state index contributed by atoms with van der Waals surface area (Å²) < 4.78 is 18.5. The first-order chi connectivity index (χ1) is 16.1. The molecule has 2 amide bonds. The molecule has 0 spiro atoms. The number of amides is 2. The lowest BCUT2D eigenvalue weighted by Gasteiger charge is -2.25. The fraction of sp³-hybridized carbons (Fsp3) is 0.208. The predicted molar refractivity (Wildman–Crippen MR) is 120 cm³/mol. The highest BCUT2D eigenvalue weighted by atomic mass is 16.6. The fourth-order valence-corrected chi connectivity index (χ4v) is 3.71. The maximum atomic E-state index is 12.7. The first-order valence-electron chi connectivity index (χ1n) is 10.5. The standard InChI is InChI=1S/C24H22N4O5/c1-28-17-9-8-15(26-24(30)21-14-32-18-5-2-3-6-19(18)33-21)13-16(17)27-22(28)10-11-25-23(29)20-7-4-12-31-20/h2-9,12-13,21H,10-11,14H2,1H3,(H,25,29)(H,26,30)/t21-/m1/s1. The molecule has 2 N–H and O–H groups in total. The number of carbonyl (C=O) groups is 2. The summed E-state index contributed by atoms with van der Waals surface area (Å²) in [4.78, 5) is 29.4. The monoisotopic (exact) mass is 446 g/mol. The zero-order chi connectivity index (χ0) is 22.8. The molecule has 0 saturated carbocycles. The van der Waals surface area contributed by atoms with Gasteiger partial charge < -0.3 is 29.1 Å². The summed E-state index contributed by atoms with van der Waals surface area (Å²) >= 11 is 0. The number of hydrogen-bond donors (Lipinski definition) is 2. The number of fused-ring (bicyclic) bond motifs is 2. The zero-order valence-corrected chi connectivity index (χ0v) is 17.9. The number of rotatable bonds is 6. The van der Waals surface area contributed by atoms with Crippen molar-refractivity contribution < 1.29 is 23.5 Å². The lowest BCUT2D eigenvalue weighted by Crippen LogP contribution is -2.40. The van der Waals surface area contributed by atoms with Crippen LogP contribution in [0.15, 0.2) is 65.3 Å². The molecule has 0 bridgehead atoms. The zero-order valence-electron chi connectivity index (χ0n) is 17.9. The van der Waals surface area contributed by atoms with Gasteiger partial charge in [0.2, 0.25) is 6.10 Å². The number of carbonyl (C=O) groups excluding carboxylic acids is 2. The number of ether oxygens (including phenoxy) is 2. The van der Waals surface area contributed by atoms with Gasteiger partial charge in [0.05, 0.1) is 17.3 Å². The van der Waals surface area contributed by atoms with Crippen molar-refractivity contribution in [1.82, 2.24) is 14.9 Å². The molecule has 9 nitrogen and oxygen atoms in total. The maximum absolute atomic E-state index is 12.7. The van der Waals surface area contributed by atoms with E-state index < -0.39 is 6.10 Å². The van der Waals surface area contributed by atoms with Gasteiger partial charge in [-0.1, -0.05) is 12.1 Å². The van der Waals surface area contributed by atoms with E-state index in [1.807, 2.05) is 41.9 Å². The Morgan fingerprint density at radius 3 is 2.79 bits per heavy atom. The quantitative estimate of drug-likeness (QED) is 0.472. The molecule has 2 aromatic carbocycles.